The molecule has 0 aliphatic heterocycles. The number of anilines is 1. The highest BCUT2D eigenvalue weighted by Gasteiger charge is 2.35. The molecule has 4 rings (SSSR count). The van der Waals surface area contributed by atoms with Gasteiger partial charge in [0.25, 0.3) is 0 Å². The summed E-state index contributed by atoms with van der Waals surface area (Å²) < 4.78 is 81.4. The van der Waals surface area contributed by atoms with Crippen LogP contribution in [0.1, 0.15) is 28.4 Å². The lowest BCUT2D eigenvalue weighted by Gasteiger charge is -2.19. The standard InChI is InChI=1S/C27H23ClF4N4O3S/c1-40(38,39)35-24-11-10-18(13-23(24)29)22(12-17-6-3-2-4-7-17)26(37)33-16-21-15-25(27(30,31)32)34-36(21)20-9-5-8-19(28)14-20/h2-11,13-15,22,35H,12,16H2,1H3,(H,33,37). The Morgan fingerprint density at radius 3 is 2.38 bits per heavy atom. The van der Waals surface area contributed by atoms with Crippen LogP contribution >= 0.6 is 11.6 Å². The zero-order valence-corrected chi connectivity index (χ0v) is 22.5. The van der Waals surface area contributed by atoms with E-state index in [4.69, 9.17) is 11.6 Å². The zero-order chi connectivity index (χ0) is 29.1. The summed E-state index contributed by atoms with van der Waals surface area (Å²) >= 11 is 6.02. The highest BCUT2D eigenvalue weighted by Crippen LogP contribution is 2.30. The lowest BCUT2D eigenvalue weighted by molar-refractivity contribution is -0.141. The molecule has 0 radical (unpaired) electrons. The fraction of sp³-hybridized carbons (Fsp3) is 0.185. The molecule has 1 unspecified atom stereocenters. The number of nitrogens with zero attached hydrogens (tertiary/aromatic N) is 2. The fourth-order valence-electron chi connectivity index (χ4n) is 4.06. The van der Waals surface area contributed by atoms with Crippen molar-refractivity contribution in [2.24, 2.45) is 0 Å². The Kier molecular flexibility index (Phi) is 8.50. The number of hydrogen-bond acceptors (Lipinski definition) is 4. The Balaban J connectivity index is 1.64. The number of carbonyl (C=O) groups is 1. The van der Waals surface area contributed by atoms with Crippen LogP contribution in [0.5, 0.6) is 0 Å². The first-order chi connectivity index (χ1) is 18.8. The van der Waals surface area contributed by atoms with Gasteiger partial charge in [-0.15, -0.1) is 0 Å². The van der Waals surface area contributed by atoms with Gasteiger partial charge in [0.1, 0.15) is 5.82 Å². The summed E-state index contributed by atoms with van der Waals surface area (Å²) in [4.78, 5) is 13.4. The predicted octanol–water partition coefficient (Wildman–Crippen LogP) is 5.70. The van der Waals surface area contributed by atoms with Crippen LogP contribution in [0.15, 0.2) is 78.9 Å². The van der Waals surface area contributed by atoms with E-state index in [9.17, 15) is 30.8 Å². The SMILES string of the molecule is CS(=O)(=O)Nc1ccc(C(Cc2ccccc2)C(=O)NCc2cc(C(F)(F)F)nn2-c2cccc(Cl)c2)cc1F. The van der Waals surface area contributed by atoms with Gasteiger partial charge in [-0.05, 0) is 53.9 Å². The second kappa shape index (κ2) is 11.7. The van der Waals surface area contributed by atoms with Crippen LogP contribution in [0.4, 0.5) is 23.2 Å². The topological polar surface area (TPSA) is 93.1 Å². The monoisotopic (exact) mass is 594 g/mol. The highest BCUT2D eigenvalue weighted by atomic mass is 35.5. The molecule has 0 bridgehead atoms. The molecule has 0 spiro atoms. The lowest BCUT2D eigenvalue weighted by Crippen LogP contribution is -2.31. The summed E-state index contributed by atoms with van der Waals surface area (Å²) in [5, 5.41) is 6.60. The van der Waals surface area contributed by atoms with Crippen molar-refractivity contribution in [3.8, 4) is 5.69 Å². The van der Waals surface area contributed by atoms with Gasteiger partial charge in [0.05, 0.1) is 35.8 Å². The van der Waals surface area contributed by atoms with Crippen molar-refractivity contribution < 1.29 is 30.8 Å². The maximum atomic E-state index is 14.8. The number of aromatic nitrogens is 2. The van der Waals surface area contributed by atoms with E-state index in [0.717, 1.165) is 28.6 Å². The molecule has 4 aromatic rings. The number of halogens is 5. The molecule has 210 valence electrons. The fourth-order valence-corrected chi connectivity index (χ4v) is 4.81. The lowest BCUT2D eigenvalue weighted by atomic mass is 9.91. The summed E-state index contributed by atoms with van der Waals surface area (Å²) in [5.74, 6) is -2.42. The normalized spacial score (nSPS) is 12.7. The zero-order valence-electron chi connectivity index (χ0n) is 20.9. The van der Waals surface area contributed by atoms with Crippen molar-refractivity contribution in [2.75, 3.05) is 11.0 Å². The predicted molar refractivity (Wildman–Crippen MR) is 143 cm³/mol. The van der Waals surface area contributed by atoms with Gasteiger partial charge in [-0.25, -0.2) is 17.5 Å². The molecule has 3 aromatic carbocycles. The molecule has 7 nitrogen and oxygen atoms in total. The van der Waals surface area contributed by atoms with Crippen molar-refractivity contribution in [2.45, 2.75) is 25.1 Å². The van der Waals surface area contributed by atoms with Crippen molar-refractivity contribution in [3.05, 3.63) is 112 Å². The van der Waals surface area contributed by atoms with Crippen LogP contribution in [-0.4, -0.2) is 30.4 Å². The van der Waals surface area contributed by atoms with Gasteiger partial charge in [0.15, 0.2) is 5.69 Å². The second-order valence-electron chi connectivity index (χ2n) is 8.98. The molecule has 1 heterocycles. The summed E-state index contributed by atoms with van der Waals surface area (Å²) in [6.45, 7) is -0.323. The van der Waals surface area contributed by atoms with E-state index in [0.29, 0.717) is 0 Å². The number of carbonyl (C=O) groups excluding carboxylic acids is 1. The summed E-state index contributed by atoms with van der Waals surface area (Å²) in [7, 11) is -3.74. The summed E-state index contributed by atoms with van der Waals surface area (Å²) in [6, 6.07) is 19.5. The summed E-state index contributed by atoms with van der Waals surface area (Å²) in [6.07, 6.45) is -3.70. The number of rotatable bonds is 9. The third-order valence-corrected chi connectivity index (χ3v) is 6.69. The quantitative estimate of drug-likeness (QED) is 0.243. The minimum absolute atomic E-state index is 0.0419. The van der Waals surface area contributed by atoms with Gasteiger partial charge in [0, 0.05) is 5.02 Å². The van der Waals surface area contributed by atoms with Crippen molar-refractivity contribution in [1.82, 2.24) is 15.1 Å². The van der Waals surface area contributed by atoms with Gasteiger partial charge >= 0.3 is 6.18 Å². The molecule has 0 fully saturated rings. The Labute approximate surface area is 232 Å². The molecular formula is C27H23ClF4N4O3S. The minimum atomic E-state index is -4.72. The molecule has 2 N–H and O–H groups in total. The van der Waals surface area contributed by atoms with E-state index in [-0.39, 0.29) is 40.6 Å². The maximum Gasteiger partial charge on any atom is 0.435 e. The molecule has 0 aliphatic carbocycles. The van der Waals surface area contributed by atoms with Gasteiger partial charge in [-0.1, -0.05) is 54.1 Å². The third-order valence-electron chi connectivity index (χ3n) is 5.86. The number of nitrogens with one attached hydrogen (secondary N) is 2. The van der Waals surface area contributed by atoms with E-state index < -0.39 is 39.5 Å². The Morgan fingerprint density at radius 2 is 1.75 bits per heavy atom. The molecule has 0 aliphatic rings. The van der Waals surface area contributed by atoms with Crippen LogP contribution < -0.4 is 10.0 Å². The van der Waals surface area contributed by atoms with Crippen LogP contribution in [0.25, 0.3) is 5.69 Å². The van der Waals surface area contributed by atoms with E-state index in [1.54, 1.807) is 42.5 Å². The molecule has 40 heavy (non-hydrogen) atoms. The van der Waals surface area contributed by atoms with Gasteiger partial charge in [-0.3, -0.25) is 9.52 Å². The van der Waals surface area contributed by atoms with Crippen molar-refractivity contribution >= 4 is 33.2 Å². The van der Waals surface area contributed by atoms with E-state index in [2.05, 4.69) is 15.1 Å². The Morgan fingerprint density at radius 1 is 1.02 bits per heavy atom. The largest absolute Gasteiger partial charge is 0.435 e. The number of amides is 1. The van der Waals surface area contributed by atoms with Crippen molar-refractivity contribution in [3.63, 3.8) is 0 Å². The first kappa shape index (κ1) is 29.1. The third kappa shape index (κ3) is 7.39. The maximum absolute atomic E-state index is 14.8. The Hall–Kier alpha value is -3.90. The average Bonchev–Trinajstić information content (AvgIpc) is 3.32. The first-order valence-corrected chi connectivity index (χ1v) is 14.1. The van der Waals surface area contributed by atoms with Gasteiger partial charge in [-0.2, -0.15) is 18.3 Å². The minimum Gasteiger partial charge on any atom is -0.350 e. The highest BCUT2D eigenvalue weighted by molar-refractivity contribution is 7.92. The first-order valence-electron chi connectivity index (χ1n) is 11.8. The number of hydrogen-bond donors (Lipinski definition) is 2. The van der Waals surface area contributed by atoms with Crippen molar-refractivity contribution in [1.29, 1.82) is 0 Å². The van der Waals surface area contributed by atoms with E-state index >= 15 is 0 Å². The van der Waals surface area contributed by atoms with Crippen LogP contribution in [-0.2, 0) is 34.0 Å². The smallest absolute Gasteiger partial charge is 0.350 e. The number of benzene rings is 3. The van der Waals surface area contributed by atoms with Crippen LogP contribution in [0.3, 0.4) is 0 Å². The molecule has 0 saturated carbocycles. The van der Waals surface area contributed by atoms with Gasteiger partial charge < -0.3 is 5.32 Å². The van der Waals surface area contributed by atoms with Gasteiger partial charge in [0.2, 0.25) is 15.9 Å². The molecular weight excluding hydrogens is 572 g/mol. The van der Waals surface area contributed by atoms with Crippen LogP contribution in [0.2, 0.25) is 5.02 Å². The van der Waals surface area contributed by atoms with E-state index in [1.165, 1.54) is 24.3 Å². The molecule has 1 amide bonds. The Bertz CT molecular complexity index is 1630. The average molecular weight is 595 g/mol. The van der Waals surface area contributed by atoms with E-state index in [1.807, 2.05) is 0 Å². The molecule has 0 saturated heterocycles. The second-order valence-corrected chi connectivity index (χ2v) is 11.2. The molecule has 1 aromatic heterocycles. The molecule has 1 atom stereocenters. The van der Waals surface area contributed by atoms with Crippen LogP contribution in [0, 0.1) is 5.82 Å². The number of alkyl halides is 3. The molecule has 13 heteroatoms. The number of sulfonamides is 1. The summed E-state index contributed by atoms with van der Waals surface area (Å²) in [5.41, 5.74) is -0.116.